The molecule has 0 saturated carbocycles. The normalized spacial score (nSPS) is 12.8. The zero-order valence-electron chi connectivity index (χ0n) is 9.19. The van der Waals surface area contributed by atoms with Gasteiger partial charge in [-0.3, -0.25) is 0 Å². The highest BCUT2D eigenvalue weighted by atomic mass is 19.1. The Hall–Kier alpha value is -0.960. The van der Waals surface area contributed by atoms with E-state index in [1.54, 1.807) is 0 Å². The molecule has 0 fully saturated rings. The van der Waals surface area contributed by atoms with Crippen LogP contribution in [0.2, 0.25) is 0 Å². The number of unbranched alkanes of at least 4 members (excludes halogenated alkanes) is 1. The summed E-state index contributed by atoms with van der Waals surface area (Å²) in [6.45, 7) is 4.84. The molecule has 1 aromatic carbocycles. The molecule has 1 N–H and O–H groups in total. The topological polar surface area (TPSA) is 12.0 Å². The Morgan fingerprint density at radius 2 is 2.07 bits per heavy atom. The number of rotatable bonds is 5. The van der Waals surface area contributed by atoms with Crippen molar-refractivity contribution in [3.63, 3.8) is 0 Å². The van der Waals surface area contributed by atoms with E-state index in [4.69, 9.17) is 0 Å². The summed E-state index contributed by atoms with van der Waals surface area (Å²) in [5.74, 6) is -1.01. The minimum atomic E-state index is -0.531. The van der Waals surface area contributed by atoms with Crippen LogP contribution in [0.1, 0.15) is 38.3 Å². The van der Waals surface area contributed by atoms with Crippen molar-refractivity contribution in [2.24, 2.45) is 0 Å². The molecule has 0 saturated heterocycles. The summed E-state index contributed by atoms with van der Waals surface area (Å²) in [6, 6.07) is 3.63. The van der Waals surface area contributed by atoms with Crippen LogP contribution >= 0.6 is 0 Å². The summed E-state index contributed by atoms with van der Waals surface area (Å²) in [6.07, 6.45) is 2.17. The number of hydrogen-bond acceptors (Lipinski definition) is 1. The van der Waals surface area contributed by atoms with Crippen LogP contribution in [0.15, 0.2) is 18.2 Å². The predicted octanol–water partition coefficient (Wildman–Crippen LogP) is 3.42. The number of benzene rings is 1. The second kappa shape index (κ2) is 5.81. The van der Waals surface area contributed by atoms with Crippen molar-refractivity contribution in [3.05, 3.63) is 35.4 Å². The molecule has 1 atom stereocenters. The summed E-state index contributed by atoms with van der Waals surface area (Å²) >= 11 is 0. The third kappa shape index (κ3) is 3.59. The first-order chi connectivity index (χ1) is 7.15. The fourth-order valence-corrected chi connectivity index (χ4v) is 1.46. The van der Waals surface area contributed by atoms with Crippen molar-refractivity contribution >= 4 is 0 Å². The van der Waals surface area contributed by atoms with E-state index in [9.17, 15) is 8.78 Å². The highest BCUT2D eigenvalue weighted by Crippen LogP contribution is 2.17. The lowest BCUT2D eigenvalue weighted by molar-refractivity contribution is 0.511. The maximum Gasteiger partial charge on any atom is 0.130 e. The fourth-order valence-electron chi connectivity index (χ4n) is 1.46. The van der Waals surface area contributed by atoms with Gasteiger partial charge in [-0.2, -0.15) is 0 Å². The molecule has 0 amide bonds. The van der Waals surface area contributed by atoms with Gasteiger partial charge in [0, 0.05) is 17.7 Å². The van der Waals surface area contributed by atoms with Gasteiger partial charge in [-0.1, -0.05) is 19.4 Å². The molecule has 3 heteroatoms. The first-order valence-electron chi connectivity index (χ1n) is 5.33. The minimum Gasteiger partial charge on any atom is -0.310 e. The van der Waals surface area contributed by atoms with Crippen LogP contribution in [-0.2, 0) is 0 Å². The molecule has 0 aromatic heterocycles. The van der Waals surface area contributed by atoms with Gasteiger partial charge in [0.25, 0.3) is 0 Å². The Morgan fingerprint density at radius 3 is 2.67 bits per heavy atom. The highest BCUT2D eigenvalue weighted by molar-refractivity contribution is 5.21. The van der Waals surface area contributed by atoms with E-state index in [0.29, 0.717) is 5.56 Å². The molecule has 0 spiro atoms. The molecule has 0 aliphatic rings. The molecule has 0 radical (unpaired) electrons. The molecule has 1 nitrogen and oxygen atoms in total. The molecule has 0 heterocycles. The molecule has 15 heavy (non-hydrogen) atoms. The van der Waals surface area contributed by atoms with Gasteiger partial charge < -0.3 is 5.32 Å². The molecule has 0 bridgehead atoms. The van der Waals surface area contributed by atoms with Gasteiger partial charge in [-0.15, -0.1) is 0 Å². The monoisotopic (exact) mass is 213 g/mol. The van der Waals surface area contributed by atoms with Crippen molar-refractivity contribution in [1.29, 1.82) is 0 Å². The van der Waals surface area contributed by atoms with Crippen LogP contribution in [0.3, 0.4) is 0 Å². The van der Waals surface area contributed by atoms with Gasteiger partial charge in [0.2, 0.25) is 0 Å². The third-order valence-corrected chi connectivity index (χ3v) is 2.41. The molecule has 1 rings (SSSR count). The molecular formula is C12H17F2N. The minimum absolute atomic E-state index is 0.0721. The van der Waals surface area contributed by atoms with E-state index in [1.807, 2.05) is 6.92 Å². The molecule has 1 unspecified atom stereocenters. The average molecular weight is 213 g/mol. The Morgan fingerprint density at radius 1 is 1.33 bits per heavy atom. The van der Waals surface area contributed by atoms with Gasteiger partial charge in [0.1, 0.15) is 11.6 Å². The van der Waals surface area contributed by atoms with Crippen LogP contribution in [0, 0.1) is 11.6 Å². The Bertz CT molecular complexity index is 312. The van der Waals surface area contributed by atoms with E-state index in [2.05, 4.69) is 12.2 Å². The first-order valence-corrected chi connectivity index (χ1v) is 5.33. The van der Waals surface area contributed by atoms with Gasteiger partial charge in [-0.25, -0.2) is 8.78 Å². The lowest BCUT2D eigenvalue weighted by atomic mass is 10.1. The SMILES string of the molecule is CCCCNC(C)c1ccc(F)cc1F. The van der Waals surface area contributed by atoms with E-state index >= 15 is 0 Å². The van der Waals surface area contributed by atoms with Crippen LogP contribution < -0.4 is 5.32 Å². The van der Waals surface area contributed by atoms with E-state index in [1.165, 1.54) is 12.1 Å². The summed E-state index contributed by atoms with van der Waals surface area (Å²) in [7, 11) is 0. The zero-order chi connectivity index (χ0) is 11.3. The van der Waals surface area contributed by atoms with Crippen molar-refractivity contribution < 1.29 is 8.78 Å². The Labute approximate surface area is 89.5 Å². The van der Waals surface area contributed by atoms with Crippen LogP contribution in [-0.4, -0.2) is 6.54 Å². The maximum absolute atomic E-state index is 13.3. The summed E-state index contributed by atoms with van der Waals surface area (Å²) in [5.41, 5.74) is 0.521. The molecular weight excluding hydrogens is 196 g/mol. The highest BCUT2D eigenvalue weighted by Gasteiger charge is 2.10. The zero-order valence-corrected chi connectivity index (χ0v) is 9.19. The Balaban J connectivity index is 2.61. The quantitative estimate of drug-likeness (QED) is 0.739. The predicted molar refractivity (Wildman–Crippen MR) is 57.7 cm³/mol. The van der Waals surface area contributed by atoms with Crippen molar-refractivity contribution in [2.45, 2.75) is 32.7 Å². The molecule has 0 aliphatic carbocycles. The van der Waals surface area contributed by atoms with Crippen LogP contribution in [0.5, 0.6) is 0 Å². The molecule has 0 aliphatic heterocycles. The summed E-state index contributed by atoms with van der Waals surface area (Å²) in [5, 5.41) is 3.20. The standard InChI is InChI=1S/C12H17F2N/c1-3-4-7-15-9(2)11-6-5-10(13)8-12(11)14/h5-6,8-9,15H,3-4,7H2,1-2H3. The molecule has 1 aromatic rings. The summed E-state index contributed by atoms with van der Waals surface area (Å²) < 4.78 is 26.0. The van der Waals surface area contributed by atoms with E-state index in [-0.39, 0.29) is 6.04 Å². The number of hydrogen-bond donors (Lipinski definition) is 1. The maximum atomic E-state index is 13.3. The largest absolute Gasteiger partial charge is 0.310 e. The Kier molecular flexibility index (Phi) is 4.69. The smallest absolute Gasteiger partial charge is 0.130 e. The second-order valence-corrected chi connectivity index (χ2v) is 3.70. The van der Waals surface area contributed by atoms with Crippen molar-refractivity contribution in [1.82, 2.24) is 5.32 Å². The second-order valence-electron chi connectivity index (χ2n) is 3.70. The number of halogens is 2. The van der Waals surface area contributed by atoms with Gasteiger partial charge in [0.05, 0.1) is 0 Å². The van der Waals surface area contributed by atoms with E-state index < -0.39 is 11.6 Å². The van der Waals surface area contributed by atoms with Crippen LogP contribution in [0.4, 0.5) is 8.78 Å². The number of nitrogens with one attached hydrogen (secondary N) is 1. The van der Waals surface area contributed by atoms with Crippen molar-refractivity contribution in [2.75, 3.05) is 6.54 Å². The van der Waals surface area contributed by atoms with Gasteiger partial charge in [-0.05, 0) is 26.0 Å². The average Bonchev–Trinajstić information content (AvgIpc) is 2.17. The lowest BCUT2D eigenvalue weighted by Gasteiger charge is -2.14. The van der Waals surface area contributed by atoms with Crippen molar-refractivity contribution in [3.8, 4) is 0 Å². The summed E-state index contributed by atoms with van der Waals surface area (Å²) in [4.78, 5) is 0. The lowest BCUT2D eigenvalue weighted by Crippen LogP contribution is -2.20. The molecule has 84 valence electrons. The fraction of sp³-hybridized carbons (Fsp3) is 0.500. The van der Waals surface area contributed by atoms with Crippen LogP contribution in [0.25, 0.3) is 0 Å². The first kappa shape index (κ1) is 12.1. The van der Waals surface area contributed by atoms with Gasteiger partial charge >= 0.3 is 0 Å². The third-order valence-electron chi connectivity index (χ3n) is 2.41. The van der Waals surface area contributed by atoms with Gasteiger partial charge in [0.15, 0.2) is 0 Å². The van der Waals surface area contributed by atoms with E-state index in [0.717, 1.165) is 25.5 Å².